The van der Waals surface area contributed by atoms with E-state index in [1.54, 1.807) is 12.4 Å². The van der Waals surface area contributed by atoms with Crippen molar-refractivity contribution in [3.8, 4) is 11.4 Å². The van der Waals surface area contributed by atoms with Crippen molar-refractivity contribution in [1.82, 2.24) is 19.6 Å². The number of aryl methyl sites for hydroxylation is 1. The first-order valence-electron chi connectivity index (χ1n) is 6.17. The van der Waals surface area contributed by atoms with Crippen LogP contribution in [0.3, 0.4) is 0 Å². The Morgan fingerprint density at radius 3 is 2.68 bits per heavy atom. The van der Waals surface area contributed by atoms with Gasteiger partial charge in [-0.15, -0.1) is 10.2 Å². The van der Waals surface area contributed by atoms with Crippen molar-refractivity contribution in [3.63, 3.8) is 0 Å². The fraction of sp³-hybridized carbons (Fsp3) is 0.214. The number of fused-ring (bicyclic) bond motifs is 1. The molecular weight excluding hydrogens is 260 g/mol. The molecule has 0 saturated carbocycles. The highest BCUT2D eigenvalue weighted by Gasteiger charge is 2.10. The van der Waals surface area contributed by atoms with E-state index in [0.717, 1.165) is 22.6 Å². The average Bonchev–Trinajstić information content (AvgIpc) is 2.84. The molecule has 0 aliphatic carbocycles. The van der Waals surface area contributed by atoms with E-state index in [4.69, 9.17) is 11.6 Å². The molecule has 0 aliphatic heterocycles. The lowest BCUT2D eigenvalue weighted by molar-refractivity contribution is 1.11. The van der Waals surface area contributed by atoms with Gasteiger partial charge in [0.1, 0.15) is 0 Å². The first-order valence-corrected chi connectivity index (χ1v) is 6.55. The van der Waals surface area contributed by atoms with Gasteiger partial charge in [0.05, 0.1) is 5.02 Å². The summed E-state index contributed by atoms with van der Waals surface area (Å²) < 4.78 is 1.91. The molecule has 0 aromatic carbocycles. The van der Waals surface area contributed by atoms with Crippen molar-refractivity contribution in [3.05, 3.63) is 47.4 Å². The molecule has 0 N–H and O–H groups in total. The summed E-state index contributed by atoms with van der Waals surface area (Å²) in [6.45, 7) is 6.02. The summed E-state index contributed by atoms with van der Waals surface area (Å²) in [6.07, 6.45) is 5.24. The SMILES string of the molecule is CC.Cc1ccn2c(-c3ccncc3Cl)nnc2c1. The lowest BCUT2D eigenvalue weighted by Crippen LogP contribution is -1.90. The van der Waals surface area contributed by atoms with E-state index >= 15 is 0 Å². The normalized spacial score (nSPS) is 10.1. The highest BCUT2D eigenvalue weighted by molar-refractivity contribution is 6.33. The second kappa shape index (κ2) is 5.80. The Balaban J connectivity index is 0.000000637. The Hall–Kier alpha value is -1.94. The summed E-state index contributed by atoms with van der Waals surface area (Å²) >= 11 is 6.10. The van der Waals surface area contributed by atoms with Crippen molar-refractivity contribution < 1.29 is 0 Å². The van der Waals surface area contributed by atoms with Gasteiger partial charge in [0.15, 0.2) is 11.5 Å². The molecule has 3 heterocycles. The monoisotopic (exact) mass is 274 g/mol. The molecule has 0 atom stereocenters. The Morgan fingerprint density at radius 1 is 1.16 bits per heavy atom. The molecule has 4 nitrogen and oxygen atoms in total. The number of nitrogens with zero attached hydrogens (tertiary/aromatic N) is 4. The Kier molecular flexibility index (Phi) is 4.12. The van der Waals surface area contributed by atoms with E-state index in [1.165, 1.54) is 0 Å². The molecule has 0 amide bonds. The van der Waals surface area contributed by atoms with Gasteiger partial charge in [0, 0.05) is 24.2 Å². The molecule has 0 saturated heterocycles. The predicted octanol–water partition coefficient (Wildman–Crippen LogP) is 3.78. The van der Waals surface area contributed by atoms with Gasteiger partial charge in [0.25, 0.3) is 0 Å². The number of hydrogen-bond donors (Lipinski definition) is 0. The average molecular weight is 275 g/mol. The van der Waals surface area contributed by atoms with E-state index in [0.29, 0.717) is 5.02 Å². The van der Waals surface area contributed by atoms with Crippen LogP contribution in [-0.2, 0) is 0 Å². The topological polar surface area (TPSA) is 43.1 Å². The quantitative estimate of drug-likeness (QED) is 0.678. The summed E-state index contributed by atoms with van der Waals surface area (Å²) in [6, 6.07) is 5.82. The molecule has 0 aliphatic rings. The van der Waals surface area contributed by atoms with Crippen LogP contribution in [0.15, 0.2) is 36.8 Å². The smallest absolute Gasteiger partial charge is 0.169 e. The van der Waals surface area contributed by atoms with Crippen LogP contribution < -0.4 is 0 Å². The fourth-order valence-electron chi connectivity index (χ4n) is 1.73. The maximum atomic E-state index is 6.10. The zero-order valence-corrected chi connectivity index (χ0v) is 11.9. The molecule has 3 aromatic heterocycles. The first-order chi connectivity index (χ1) is 9.25. The highest BCUT2D eigenvalue weighted by atomic mass is 35.5. The van der Waals surface area contributed by atoms with Gasteiger partial charge in [-0.1, -0.05) is 25.4 Å². The number of pyridine rings is 2. The minimum Gasteiger partial charge on any atom is -0.282 e. The zero-order chi connectivity index (χ0) is 13.8. The van der Waals surface area contributed by atoms with Gasteiger partial charge in [-0.05, 0) is 30.7 Å². The predicted molar refractivity (Wildman–Crippen MR) is 77.3 cm³/mol. The van der Waals surface area contributed by atoms with Crippen molar-refractivity contribution in [2.24, 2.45) is 0 Å². The van der Waals surface area contributed by atoms with Crippen molar-refractivity contribution in [2.45, 2.75) is 20.8 Å². The van der Waals surface area contributed by atoms with Gasteiger partial charge in [-0.25, -0.2) is 0 Å². The second-order valence-corrected chi connectivity index (χ2v) is 4.22. The maximum absolute atomic E-state index is 6.10. The lowest BCUT2D eigenvalue weighted by Gasteiger charge is -2.01. The van der Waals surface area contributed by atoms with E-state index in [2.05, 4.69) is 15.2 Å². The first kappa shape index (κ1) is 13.5. The van der Waals surface area contributed by atoms with Crippen LogP contribution >= 0.6 is 11.6 Å². The Labute approximate surface area is 117 Å². The lowest BCUT2D eigenvalue weighted by atomic mass is 10.2. The van der Waals surface area contributed by atoms with Crippen molar-refractivity contribution in [2.75, 3.05) is 0 Å². The van der Waals surface area contributed by atoms with Crippen LogP contribution in [0.4, 0.5) is 0 Å². The summed E-state index contributed by atoms with van der Waals surface area (Å²) in [7, 11) is 0. The fourth-order valence-corrected chi connectivity index (χ4v) is 1.94. The Bertz CT molecular complexity index is 691. The number of aromatic nitrogens is 4. The molecule has 19 heavy (non-hydrogen) atoms. The Morgan fingerprint density at radius 2 is 1.95 bits per heavy atom. The number of hydrogen-bond acceptors (Lipinski definition) is 3. The van der Waals surface area contributed by atoms with Gasteiger partial charge in [0.2, 0.25) is 0 Å². The van der Waals surface area contributed by atoms with E-state index in [9.17, 15) is 0 Å². The molecule has 0 bridgehead atoms. The van der Waals surface area contributed by atoms with E-state index in [1.807, 2.05) is 49.6 Å². The van der Waals surface area contributed by atoms with Gasteiger partial charge >= 0.3 is 0 Å². The summed E-state index contributed by atoms with van der Waals surface area (Å²) in [4.78, 5) is 3.96. The zero-order valence-electron chi connectivity index (χ0n) is 11.1. The molecule has 0 fully saturated rings. The molecule has 5 heteroatoms. The van der Waals surface area contributed by atoms with Gasteiger partial charge in [-0.3, -0.25) is 9.38 Å². The minimum absolute atomic E-state index is 0.572. The molecule has 3 rings (SSSR count). The third-order valence-electron chi connectivity index (χ3n) is 2.58. The summed E-state index contributed by atoms with van der Waals surface area (Å²) in [5.41, 5.74) is 2.79. The van der Waals surface area contributed by atoms with E-state index in [-0.39, 0.29) is 0 Å². The number of halogens is 1. The third kappa shape index (κ3) is 2.58. The van der Waals surface area contributed by atoms with Gasteiger partial charge in [-0.2, -0.15) is 0 Å². The second-order valence-electron chi connectivity index (χ2n) is 3.81. The largest absolute Gasteiger partial charge is 0.282 e. The number of rotatable bonds is 1. The minimum atomic E-state index is 0.572. The molecule has 3 aromatic rings. The summed E-state index contributed by atoms with van der Waals surface area (Å²) in [5, 5.41) is 8.87. The van der Waals surface area contributed by atoms with Crippen molar-refractivity contribution >= 4 is 17.2 Å². The van der Waals surface area contributed by atoms with Crippen molar-refractivity contribution in [1.29, 1.82) is 0 Å². The van der Waals surface area contributed by atoms with Crippen LogP contribution in [-0.4, -0.2) is 19.6 Å². The highest BCUT2D eigenvalue weighted by Crippen LogP contribution is 2.25. The van der Waals surface area contributed by atoms with Gasteiger partial charge < -0.3 is 0 Å². The molecule has 0 spiro atoms. The van der Waals surface area contributed by atoms with Crippen LogP contribution in [0, 0.1) is 6.92 Å². The molecule has 98 valence electrons. The standard InChI is InChI=1S/C12H9ClN4.C2H6/c1-8-3-5-17-11(6-8)15-16-12(17)9-2-4-14-7-10(9)13;1-2/h2-7H,1H3;1-2H3. The van der Waals surface area contributed by atoms with Crippen LogP contribution in [0.2, 0.25) is 5.02 Å². The van der Waals surface area contributed by atoms with E-state index < -0.39 is 0 Å². The molecular formula is C14H15ClN4. The van der Waals surface area contributed by atoms with Crippen LogP contribution in [0.1, 0.15) is 19.4 Å². The summed E-state index contributed by atoms with van der Waals surface area (Å²) in [5.74, 6) is 0.729. The molecule has 0 unspecified atom stereocenters. The van der Waals surface area contributed by atoms with Crippen LogP contribution in [0.25, 0.3) is 17.0 Å². The third-order valence-corrected chi connectivity index (χ3v) is 2.88. The molecule has 0 radical (unpaired) electrons. The van der Waals surface area contributed by atoms with Crippen LogP contribution in [0.5, 0.6) is 0 Å². The maximum Gasteiger partial charge on any atom is 0.169 e.